The van der Waals surface area contributed by atoms with E-state index in [0.717, 1.165) is 31.5 Å². The number of carbonyl (C=O) groups is 1. The minimum Gasteiger partial charge on any atom is -0.405 e. The van der Waals surface area contributed by atoms with Crippen LogP contribution in [0, 0.1) is 0 Å². The number of piperidine rings is 1. The van der Waals surface area contributed by atoms with Gasteiger partial charge in [-0.2, -0.15) is 0 Å². The fourth-order valence-corrected chi connectivity index (χ4v) is 3.73. The van der Waals surface area contributed by atoms with E-state index in [1.807, 2.05) is 41.8 Å². The van der Waals surface area contributed by atoms with Crippen LogP contribution in [-0.4, -0.2) is 29.2 Å². The molecule has 4 rings (SSSR count). The van der Waals surface area contributed by atoms with Crippen LogP contribution in [-0.2, 0) is 0 Å². The van der Waals surface area contributed by atoms with Crippen LogP contribution in [0.1, 0.15) is 46.4 Å². The monoisotopic (exact) mass is 368 g/mol. The van der Waals surface area contributed by atoms with Gasteiger partial charge in [0, 0.05) is 13.1 Å². The van der Waals surface area contributed by atoms with Gasteiger partial charge in [-0.05, 0) is 36.3 Å². The highest BCUT2D eigenvalue weighted by atomic mass is 32.1. The number of rotatable bonds is 5. The molecule has 0 spiro atoms. The molecule has 0 unspecified atom stereocenters. The van der Waals surface area contributed by atoms with Crippen molar-refractivity contribution in [3.8, 4) is 0 Å². The van der Waals surface area contributed by atoms with Gasteiger partial charge in [-0.1, -0.05) is 41.5 Å². The summed E-state index contributed by atoms with van der Waals surface area (Å²) in [7, 11) is 0. The molecule has 0 bridgehead atoms. The number of hydrogen-bond donors (Lipinski definition) is 1. The lowest BCUT2D eigenvalue weighted by Gasteiger charge is -2.24. The number of amides is 1. The van der Waals surface area contributed by atoms with Crippen LogP contribution in [0.5, 0.6) is 0 Å². The van der Waals surface area contributed by atoms with Gasteiger partial charge in [0.2, 0.25) is 5.89 Å². The number of nitrogens with one attached hydrogen (secondary N) is 1. The number of thiophene rings is 1. The molecule has 26 heavy (non-hydrogen) atoms. The lowest BCUT2D eigenvalue weighted by atomic mass is 10.1. The molecule has 3 heterocycles. The van der Waals surface area contributed by atoms with Crippen molar-refractivity contribution in [2.24, 2.45) is 0 Å². The summed E-state index contributed by atoms with van der Waals surface area (Å²) in [5.41, 5.74) is 0.909. The van der Waals surface area contributed by atoms with Gasteiger partial charge in [0.25, 0.3) is 5.91 Å². The SMILES string of the molecule is O=C(N[C@H](c1ccccc1)c1nnc(N2CCCCC2)o1)c1cccs1. The summed E-state index contributed by atoms with van der Waals surface area (Å²) in [5, 5.41) is 13.4. The van der Waals surface area contributed by atoms with Crippen LogP contribution in [0.2, 0.25) is 0 Å². The van der Waals surface area contributed by atoms with Crippen LogP contribution in [0.4, 0.5) is 6.01 Å². The van der Waals surface area contributed by atoms with Crippen molar-refractivity contribution in [2.75, 3.05) is 18.0 Å². The van der Waals surface area contributed by atoms with Gasteiger partial charge in [0.05, 0.1) is 4.88 Å². The van der Waals surface area contributed by atoms with Crippen LogP contribution in [0.15, 0.2) is 52.3 Å². The highest BCUT2D eigenvalue weighted by molar-refractivity contribution is 7.12. The zero-order valence-electron chi connectivity index (χ0n) is 14.3. The van der Waals surface area contributed by atoms with E-state index in [0.29, 0.717) is 16.8 Å². The Hall–Kier alpha value is -2.67. The number of benzene rings is 1. The van der Waals surface area contributed by atoms with E-state index in [9.17, 15) is 4.79 Å². The quantitative estimate of drug-likeness (QED) is 0.744. The second-order valence-corrected chi connectivity index (χ2v) is 7.21. The van der Waals surface area contributed by atoms with E-state index in [2.05, 4.69) is 20.4 Å². The maximum Gasteiger partial charge on any atom is 0.318 e. The highest BCUT2D eigenvalue weighted by Crippen LogP contribution is 2.26. The third kappa shape index (κ3) is 3.62. The van der Waals surface area contributed by atoms with Crippen molar-refractivity contribution in [2.45, 2.75) is 25.3 Å². The molecule has 1 aliphatic heterocycles. The minimum absolute atomic E-state index is 0.147. The summed E-state index contributed by atoms with van der Waals surface area (Å²) in [4.78, 5) is 15.3. The Labute approximate surface area is 155 Å². The van der Waals surface area contributed by atoms with Crippen molar-refractivity contribution >= 4 is 23.3 Å². The number of nitrogens with zero attached hydrogens (tertiary/aromatic N) is 3. The third-order valence-corrected chi connectivity index (χ3v) is 5.33. The van der Waals surface area contributed by atoms with Crippen molar-refractivity contribution < 1.29 is 9.21 Å². The first kappa shape index (κ1) is 16.8. The molecule has 1 aliphatic rings. The molecule has 1 aromatic carbocycles. The lowest BCUT2D eigenvalue weighted by molar-refractivity contribution is 0.0942. The number of hydrogen-bond acceptors (Lipinski definition) is 6. The lowest BCUT2D eigenvalue weighted by Crippen LogP contribution is -2.30. The Morgan fingerprint density at radius 2 is 1.88 bits per heavy atom. The van der Waals surface area contributed by atoms with Crippen molar-refractivity contribution in [3.63, 3.8) is 0 Å². The molecule has 0 radical (unpaired) electrons. The van der Waals surface area contributed by atoms with Gasteiger partial charge in [0.15, 0.2) is 0 Å². The molecule has 1 amide bonds. The second kappa shape index (κ2) is 7.70. The van der Waals surface area contributed by atoms with E-state index < -0.39 is 6.04 Å². The zero-order chi connectivity index (χ0) is 17.8. The van der Waals surface area contributed by atoms with Crippen LogP contribution < -0.4 is 10.2 Å². The van der Waals surface area contributed by atoms with E-state index in [1.165, 1.54) is 17.8 Å². The number of carbonyl (C=O) groups excluding carboxylic acids is 1. The molecule has 1 atom stereocenters. The maximum absolute atomic E-state index is 12.6. The minimum atomic E-state index is -0.475. The van der Waals surface area contributed by atoms with Gasteiger partial charge >= 0.3 is 6.01 Å². The molecular formula is C19H20N4O2S. The predicted octanol–water partition coefficient (Wildman–Crippen LogP) is 3.64. The first-order chi connectivity index (χ1) is 12.8. The van der Waals surface area contributed by atoms with E-state index in [-0.39, 0.29) is 5.91 Å². The fraction of sp³-hybridized carbons (Fsp3) is 0.316. The highest BCUT2D eigenvalue weighted by Gasteiger charge is 2.25. The smallest absolute Gasteiger partial charge is 0.318 e. The van der Waals surface area contributed by atoms with Crippen LogP contribution in [0.3, 0.4) is 0 Å². The van der Waals surface area contributed by atoms with Gasteiger partial charge in [0.1, 0.15) is 6.04 Å². The molecule has 1 saturated heterocycles. The predicted molar refractivity (Wildman–Crippen MR) is 100 cm³/mol. The number of aromatic nitrogens is 2. The standard InChI is InChI=1S/C19H20N4O2S/c24-17(15-10-7-13-26-15)20-16(14-8-3-1-4-9-14)18-21-22-19(25-18)23-11-5-2-6-12-23/h1,3-4,7-10,13,16H,2,5-6,11-12H2,(H,20,24)/t16-/m1/s1. The Morgan fingerprint density at radius 3 is 2.62 bits per heavy atom. The molecule has 1 fully saturated rings. The van der Waals surface area contributed by atoms with Crippen molar-refractivity contribution in [1.29, 1.82) is 0 Å². The first-order valence-electron chi connectivity index (χ1n) is 8.79. The average Bonchev–Trinajstić information content (AvgIpc) is 3.39. The van der Waals surface area contributed by atoms with Gasteiger partial charge in [-0.15, -0.1) is 16.4 Å². The van der Waals surface area contributed by atoms with Gasteiger partial charge < -0.3 is 14.6 Å². The molecule has 0 saturated carbocycles. The molecule has 2 aromatic heterocycles. The molecule has 0 aliphatic carbocycles. The van der Waals surface area contributed by atoms with Crippen molar-refractivity contribution in [1.82, 2.24) is 15.5 Å². The fourth-order valence-electron chi connectivity index (χ4n) is 3.10. The summed E-state index contributed by atoms with van der Waals surface area (Å²) in [6.45, 7) is 1.86. The summed E-state index contributed by atoms with van der Waals surface area (Å²) in [6, 6.07) is 13.4. The third-order valence-electron chi connectivity index (χ3n) is 4.46. The summed E-state index contributed by atoms with van der Waals surface area (Å²) in [6.07, 6.45) is 3.50. The molecule has 7 heteroatoms. The molecular weight excluding hydrogens is 348 g/mol. The Morgan fingerprint density at radius 1 is 1.08 bits per heavy atom. The molecule has 1 N–H and O–H groups in total. The summed E-state index contributed by atoms with van der Waals surface area (Å²) >= 11 is 1.40. The first-order valence-corrected chi connectivity index (χ1v) is 9.67. The Bertz CT molecular complexity index is 842. The van der Waals surface area contributed by atoms with E-state index in [4.69, 9.17) is 4.42 Å². The van der Waals surface area contributed by atoms with Gasteiger partial charge in [-0.25, -0.2) is 0 Å². The summed E-state index contributed by atoms with van der Waals surface area (Å²) < 4.78 is 5.95. The zero-order valence-corrected chi connectivity index (χ0v) is 15.1. The Kier molecular flexibility index (Phi) is 4.97. The van der Waals surface area contributed by atoms with E-state index >= 15 is 0 Å². The normalized spacial score (nSPS) is 15.6. The molecule has 6 nitrogen and oxygen atoms in total. The van der Waals surface area contributed by atoms with Crippen molar-refractivity contribution in [3.05, 3.63) is 64.2 Å². The van der Waals surface area contributed by atoms with E-state index in [1.54, 1.807) is 6.07 Å². The average molecular weight is 368 g/mol. The topological polar surface area (TPSA) is 71.3 Å². The van der Waals surface area contributed by atoms with Crippen LogP contribution in [0.25, 0.3) is 0 Å². The maximum atomic E-state index is 12.6. The largest absolute Gasteiger partial charge is 0.405 e. The summed E-state index contributed by atoms with van der Waals surface area (Å²) in [5.74, 6) is 0.258. The molecule has 134 valence electrons. The Balaban J connectivity index is 1.60. The van der Waals surface area contributed by atoms with Crippen LogP contribution >= 0.6 is 11.3 Å². The number of anilines is 1. The second-order valence-electron chi connectivity index (χ2n) is 6.27. The van der Waals surface area contributed by atoms with Gasteiger partial charge in [-0.3, -0.25) is 4.79 Å². The molecule has 3 aromatic rings.